The summed E-state index contributed by atoms with van der Waals surface area (Å²) in [6.07, 6.45) is -0.968. The summed E-state index contributed by atoms with van der Waals surface area (Å²) in [5.41, 5.74) is -0.916. The molecule has 0 unspecified atom stereocenters. The molecule has 32 heavy (non-hydrogen) atoms. The minimum atomic E-state index is -1.25. The lowest BCUT2D eigenvalue weighted by Gasteiger charge is -2.16. The fraction of sp³-hybridized carbons (Fsp3) is 0.227. The van der Waals surface area contributed by atoms with Crippen LogP contribution in [-0.4, -0.2) is 34.8 Å². The first kappa shape index (κ1) is 21.2. The van der Waals surface area contributed by atoms with Crippen LogP contribution in [0.1, 0.15) is 33.2 Å². The van der Waals surface area contributed by atoms with Crippen LogP contribution in [0.2, 0.25) is 0 Å². The molecule has 1 atom stereocenters. The van der Waals surface area contributed by atoms with Crippen molar-refractivity contribution in [1.29, 1.82) is 0 Å². The quantitative estimate of drug-likeness (QED) is 0.560. The molecule has 3 aromatic rings. The molecule has 0 fully saturated rings. The van der Waals surface area contributed by atoms with Gasteiger partial charge in [-0.2, -0.15) is 0 Å². The molecule has 0 saturated carbocycles. The maximum absolute atomic E-state index is 13.1. The molecule has 0 saturated heterocycles. The van der Waals surface area contributed by atoms with Crippen LogP contribution in [0.4, 0.5) is 4.39 Å². The third-order valence-electron chi connectivity index (χ3n) is 5.30. The van der Waals surface area contributed by atoms with Gasteiger partial charge in [-0.05, 0) is 30.2 Å². The van der Waals surface area contributed by atoms with Crippen LogP contribution in [0, 0.1) is 5.82 Å². The summed E-state index contributed by atoms with van der Waals surface area (Å²) in [6.45, 7) is -0.000460. The Kier molecular flexibility index (Phi) is 5.43. The van der Waals surface area contributed by atoms with Gasteiger partial charge in [0, 0.05) is 12.1 Å². The molecule has 1 aliphatic rings. The van der Waals surface area contributed by atoms with Crippen molar-refractivity contribution < 1.29 is 28.5 Å². The number of hydrogen-bond acceptors (Lipinski definition) is 7. The highest BCUT2D eigenvalue weighted by atomic mass is 19.1. The van der Waals surface area contributed by atoms with E-state index in [4.69, 9.17) is 14.2 Å². The van der Waals surface area contributed by atoms with E-state index < -0.39 is 35.0 Å². The summed E-state index contributed by atoms with van der Waals surface area (Å²) in [6, 6.07) is 8.75. The lowest BCUT2D eigenvalue weighted by Crippen LogP contribution is -2.34. The summed E-state index contributed by atoms with van der Waals surface area (Å²) in [4.78, 5) is 39.6. The van der Waals surface area contributed by atoms with Gasteiger partial charge in [-0.15, -0.1) is 0 Å². The zero-order valence-electron chi connectivity index (χ0n) is 17.2. The molecule has 2 N–H and O–H groups in total. The summed E-state index contributed by atoms with van der Waals surface area (Å²) in [7, 11) is 2.77. The van der Waals surface area contributed by atoms with Crippen molar-refractivity contribution in [3.05, 3.63) is 85.3 Å². The first-order valence-electron chi connectivity index (χ1n) is 9.62. The normalized spacial score (nSPS) is 14.7. The van der Waals surface area contributed by atoms with E-state index in [-0.39, 0.29) is 35.4 Å². The number of benzene rings is 2. The first-order valence-corrected chi connectivity index (χ1v) is 9.62. The lowest BCUT2D eigenvalue weighted by atomic mass is 9.99. The molecule has 166 valence electrons. The van der Waals surface area contributed by atoms with Crippen molar-refractivity contribution in [3.63, 3.8) is 0 Å². The van der Waals surface area contributed by atoms with Gasteiger partial charge >= 0.3 is 11.7 Å². The summed E-state index contributed by atoms with van der Waals surface area (Å²) in [5.74, 6) is -1.34. The smallest absolute Gasteiger partial charge is 0.343 e. The van der Waals surface area contributed by atoms with Crippen molar-refractivity contribution in [2.75, 3.05) is 14.2 Å². The summed E-state index contributed by atoms with van der Waals surface area (Å²) in [5, 5.41) is 10.8. The zero-order chi connectivity index (χ0) is 23.0. The van der Waals surface area contributed by atoms with Crippen molar-refractivity contribution >= 4 is 5.97 Å². The fourth-order valence-electron chi connectivity index (χ4n) is 3.73. The molecule has 9 nitrogen and oxygen atoms in total. The number of fused-ring (bicyclic) bond motifs is 1. The van der Waals surface area contributed by atoms with Crippen molar-refractivity contribution in [2.45, 2.75) is 19.1 Å². The Morgan fingerprint density at radius 3 is 2.47 bits per heavy atom. The van der Waals surface area contributed by atoms with Crippen LogP contribution >= 0.6 is 0 Å². The van der Waals surface area contributed by atoms with E-state index in [2.05, 4.69) is 4.98 Å². The molecular formula is C22H19FN2O7. The number of aryl methyl sites for hydroxylation is 1. The van der Waals surface area contributed by atoms with Crippen LogP contribution in [0.3, 0.4) is 0 Å². The molecule has 1 aliphatic heterocycles. The van der Waals surface area contributed by atoms with Crippen molar-refractivity contribution in [2.24, 2.45) is 0 Å². The molecule has 0 radical (unpaired) electrons. The second kappa shape index (κ2) is 8.22. The monoisotopic (exact) mass is 442 g/mol. The Labute approximate surface area is 180 Å². The van der Waals surface area contributed by atoms with Gasteiger partial charge in [0.15, 0.2) is 17.6 Å². The Morgan fingerprint density at radius 1 is 1.09 bits per heavy atom. The Bertz CT molecular complexity index is 1310. The van der Waals surface area contributed by atoms with E-state index >= 15 is 0 Å². The SMILES string of the molecule is COc1ccc2c(c1OC)C(=O)O[C@H]2c1c(O)n(CCc2ccc(F)cc2)c(=O)[nH]c1=O. The highest BCUT2D eigenvalue weighted by Gasteiger charge is 2.40. The Morgan fingerprint density at radius 2 is 1.81 bits per heavy atom. The number of aromatic hydroxyl groups is 1. The molecule has 0 amide bonds. The zero-order valence-corrected chi connectivity index (χ0v) is 17.2. The molecule has 2 heterocycles. The number of halogens is 1. The number of rotatable bonds is 6. The molecular weight excluding hydrogens is 423 g/mol. The van der Waals surface area contributed by atoms with Crippen molar-refractivity contribution in [1.82, 2.24) is 9.55 Å². The molecule has 4 rings (SSSR count). The van der Waals surface area contributed by atoms with Gasteiger partial charge in [-0.25, -0.2) is 14.0 Å². The van der Waals surface area contributed by atoms with E-state index in [1.54, 1.807) is 18.2 Å². The predicted octanol–water partition coefficient (Wildman–Crippen LogP) is 1.90. The number of esters is 1. The predicted molar refractivity (Wildman–Crippen MR) is 110 cm³/mol. The second-order valence-corrected chi connectivity index (χ2v) is 7.08. The lowest BCUT2D eigenvalue weighted by molar-refractivity contribution is 0.0446. The Hall–Kier alpha value is -4.08. The number of H-pyrrole nitrogens is 1. The van der Waals surface area contributed by atoms with Gasteiger partial charge in [0.1, 0.15) is 16.9 Å². The maximum Gasteiger partial charge on any atom is 0.343 e. The third-order valence-corrected chi connectivity index (χ3v) is 5.30. The molecule has 0 aliphatic carbocycles. The molecule has 1 aromatic heterocycles. The second-order valence-electron chi connectivity index (χ2n) is 7.08. The van der Waals surface area contributed by atoms with Gasteiger partial charge in [-0.3, -0.25) is 14.3 Å². The summed E-state index contributed by atoms with van der Waals surface area (Å²) >= 11 is 0. The molecule has 0 spiro atoms. The van der Waals surface area contributed by atoms with Crippen LogP contribution < -0.4 is 20.7 Å². The summed E-state index contributed by atoms with van der Waals surface area (Å²) < 4.78 is 29.9. The molecule has 2 aromatic carbocycles. The number of nitrogens with zero attached hydrogens (tertiary/aromatic N) is 1. The largest absolute Gasteiger partial charge is 0.494 e. The van der Waals surface area contributed by atoms with E-state index in [1.165, 1.54) is 32.4 Å². The van der Waals surface area contributed by atoms with Gasteiger partial charge in [0.2, 0.25) is 5.88 Å². The van der Waals surface area contributed by atoms with E-state index in [9.17, 15) is 23.9 Å². The first-order chi connectivity index (χ1) is 15.3. The number of ether oxygens (including phenoxy) is 3. The van der Waals surface area contributed by atoms with Crippen LogP contribution in [0.5, 0.6) is 17.4 Å². The highest BCUT2D eigenvalue weighted by Crippen LogP contribution is 2.44. The Balaban J connectivity index is 1.77. The number of carbonyl (C=O) groups is 1. The van der Waals surface area contributed by atoms with Gasteiger partial charge in [0.25, 0.3) is 5.56 Å². The number of carbonyl (C=O) groups excluding carboxylic acids is 1. The van der Waals surface area contributed by atoms with Crippen LogP contribution in [-0.2, 0) is 17.7 Å². The number of nitrogens with one attached hydrogen (secondary N) is 1. The fourth-order valence-corrected chi connectivity index (χ4v) is 3.73. The van der Waals surface area contributed by atoms with Crippen molar-refractivity contribution in [3.8, 4) is 17.4 Å². The van der Waals surface area contributed by atoms with Gasteiger partial charge < -0.3 is 19.3 Å². The molecule has 10 heteroatoms. The minimum Gasteiger partial charge on any atom is -0.494 e. The van der Waals surface area contributed by atoms with E-state index in [0.717, 1.165) is 10.1 Å². The number of hydrogen-bond donors (Lipinski definition) is 2. The van der Waals surface area contributed by atoms with E-state index in [0.29, 0.717) is 5.75 Å². The number of aromatic nitrogens is 2. The highest BCUT2D eigenvalue weighted by molar-refractivity contribution is 5.98. The van der Waals surface area contributed by atoms with Gasteiger partial charge in [-0.1, -0.05) is 18.2 Å². The average Bonchev–Trinajstić information content (AvgIpc) is 3.10. The number of cyclic esters (lactones) is 1. The standard InChI is InChI=1S/C22H19FN2O7/c1-30-14-8-7-13-15(18(14)31-2)21(28)32-17(13)16-19(26)24-22(29)25(20(16)27)10-9-11-3-5-12(23)6-4-11/h3-8,17,27H,9-10H2,1-2H3,(H,24,26,29)/t17-/m1/s1. The third kappa shape index (κ3) is 3.49. The number of methoxy groups -OCH3 is 2. The van der Waals surface area contributed by atoms with E-state index in [1.807, 2.05) is 0 Å². The van der Waals surface area contributed by atoms with Crippen LogP contribution in [0.15, 0.2) is 46.0 Å². The minimum absolute atomic E-state index is 0.000460. The maximum atomic E-state index is 13.1. The average molecular weight is 442 g/mol. The van der Waals surface area contributed by atoms with Crippen LogP contribution in [0.25, 0.3) is 0 Å². The molecule has 0 bridgehead atoms. The van der Waals surface area contributed by atoms with Gasteiger partial charge in [0.05, 0.1) is 14.2 Å². The topological polar surface area (TPSA) is 120 Å². The number of aromatic amines is 1.